The maximum atomic E-state index is 12.6. The summed E-state index contributed by atoms with van der Waals surface area (Å²) in [5.41, 5.74) is 0.468. The molecule has 8 nitrogen and oxygen atoms in total. The summed E-state index contributed by atoms with van der Waals surface area (Å²) in [6.45, 7) is 1.13. The number of sulfone groups is 1. The molecule has 1 N–H and O–H groups in total. The van der Waals surface area contributed by atoms with Gasteiger partial charge < -0.3 is 15.0 Å². The first-order valence-electron chi connectivity index (χ1n) is 8.69. The minimum absolute atomic E-state index is 0.0188. The lowest BCUT2D eigenvalue weighted by Crippen LogP contribution is -2.38. The Morgan fingerprint density at radius 2 is 2.19 bits per heavy atom. The van der Waals surface area contributed by atoms with Crippen molar-refractivity contribution in [2.45, 2.75) is 31.4 Å². The third-order valence-corrected chi connectivity index (χ3v) is 6.58. The molecule has 0 spiro atoms. The molecule has 2 saturated heterocycles. The number of hydrogen-bond donors (Lipinski definition) is 1. The molecule has 2 atom stereocenters. The van der Waals surface area contributed by atoms with Crippen molar-refractivity contribution >= 4 is 21.7 Å². The van der Waals surface area contributed by atoms with E-state index in [0.717, 1.165) is 12.8 Å². The molecule has 3 heterocycles. The molecule has 2 unspecified atom stereocenters. The molecular formula is C17H23N3O5S. The number of pyridine rings is 1. The summed E-state index contributed by atoms with van der Waals surface area (Å²) >= 11 is 0. The van der Waals surface area contributed by atoms with E-state index >= 15 is 0 Å². The summed E-state index contributed by atoms with van der Waals surface area (Å²) in [5, 5.41) is 2.77. The van der Waals surface area contributed by atoms with Gasteiger partial charge in [-0.15, -0.1) is 0 Å². The van der Waals surface area contributed by atoms with Crippen LogP contribution in [-0.2, 0) is 14.6 Å². The summed E-state index contributed by atoms with van der Waals surface area (Å²) in [6.07, 6.45) is 3.78. The fourth-order valence-corrected chi connectivity index (χ4v) is 5.01. The minimum Gasteiger partial charge on any atom is -0.376 e. The van der Waals surface area contributed by atoms with E-state index in [1.54, 1.807) is 7.05 Å². The molecule has 1 aromatic heterocycles. The van der Waals surface area contributed by atoms with Crippen LogP contribution >= 0.6 is 0 Å². The van der Waals surface area contributed by atoms with Crippen molar-refractivity contribution in [3.8, 4) is 0 Å². The number of rotatable bonds is 5. The lowest BCUT2D eigenvalue weighted by molar-refractivity contribution is 0.0747. The van der Waals surface area contributed by atoms with Gasteiger partial charge in [-0.05, 0) is 31.4 Å². The van der Waals surface area contributed by atoms with Crippen molar-refractivity contribution in [1.29, 1.82) is 0 Å². The predicted molar refractivity (Wildman–Crippen MR) is 94.7 cm³/mol. The molecule has 0 radical (unpaired) electrons. The van der Waals surface area contributed by atoms with Crippen LogP contribution in [0.4, 0.5) is 0 Å². The first-order chi connectivity index (χ1) is 12.4. The van der Waals surface area contributed by atoms with Crippen LogP contribution in [0.1, 0.15) is 40.1 Å². The Hall–Kier alpha value is -2.00. The predicted octanol–water partition coefficient (Wildman–Crippen LogP) is 0.250. The third kappa shape index (κ3) is 4.39. The number of amides is 2. The summed E-state index contributed by atoms with van der Waals surface area (Å²) in [6, 6.07) is 2.63. The highest BCUT2D eigenvalue weighted by molar-refractivity contribution is 7.91. The molecule has 0 aliphatic carbocycles. The Kier molecular flexibility index (Phi) is 5.57. The Balaban J connectivity index is 1.64. The van der Waals surface area contributed by atoms with E-state index in [-0.39, 0.29) is 41.2 Å². The largest absolute Gasteiger partial charge is 0.376 e. The standard InChI is InChI=1S/C17H23N3O5S/c1-20(13-5-8-26(23,24)11-13)17(22)12-4-6-18-15(9-12)16(21)19-10-14-3-2-7-25-14/h4,6,9,13-14H,2-3,5,7-8,10-11H2,1H3,(H,19,21). The first kappa shape index (κ1) is 18.8. The number of hydrogen-bond acceptors (Lipinski definition) is 6. The second-order valence-electron chi connectivity index (χ2n) is 6.75. The Morgan fingerprint density at radius 1 is 1.38 bits per heavy atom. The van der Waals surface area contributed by atoms with Crippen LogP contribution in [0, 0.1) is 0 Å². The fraction of sp³-hybridized carbons (Fsp3) is 0.588. The first-order valence-corrected chi connectivity index (χ1v) is 10.5. The van der Waals surface area contributed by atoms with Gasteiger partial charge in [0.2, 0.25) is 0 Å². The van der Waals surface area contributed by atoms with Gasteiger partial charge in [-0.3, -0.25) is 14.6 Å². The fourth-order valence-electron chi connectivity index (χ4n) is 3.24. The van der Waals surface area contributed by atoms with Crippen molar-refractivity contribution in [3.05, 3.63) is 29.6 Å². The lowest BCUT2D eigenvalue weighted by atomic mass is 10.1. The van der Waals surface area contributed by atoms with Crippen molar-refractivity contribution in [2.24, 2.45) is 0 Å². The monoisotopic (exact) mass is 381 g/mol. The second kappa shape index (κ2) is 7.71. The third-order valence-electron chi connectivity index (χ3n) is 4.83. The van der Waals surface area contributed by atoms with Gasteiger partial charge in [0.05, 0.1) is 17.6 Å². The molecule has 0 bridgehead atoms. The van der Waals surface area contributed by atoms with Crippen molar-refractivity contribution in [3.63, 3.8) is 0 Å². The zero-order chi connectivity index (χ0) is 18.7. The van der Waals surface area contributed by atoms with Gasteiger partial charge in [-0.2, -0.15) is 0 Å². The summed E-state index contributed by atoms with van der Waals surface area (Å²) in [7, 11) is -1.49. The average Bonchev–Trinajstić information content (AvgIpc) is 3.27. The highest BCUT2D eigenvalue weighted by Gasteiger charge is 2.33. The molecule has 2 amide bonds. The van der Waals surface area contributed by atoms with Crippen LogP contribution in [0.25, 0.3) is 0 Å². The maximum absolute atomic E-state index is 12.6. The number of carbonyl (C=O) groups is 2. The zero-order valence-corrected chi connectivity index (χ0v) is 15.5. The van der Waals surface area contributed by atoms with Crippen molar-refractivity contribution in [2.75, 3.05) is 31.7 Å². The minimum atomic E-state index is -3.08. The van der Waals surface area contributed by atoms with Crippen LogP contribution in [0.15, 0.2) is 18.3 Å². The average molecular weight is 381 g/mol. The second-order valence-corrected chi connectivity index (χ2v) is 8.98. The van der Waals surface area contributed by atoms with E-state index in [9.17, 15) is 18.0 Å². The number of nitrogens with one attached hydrogen (secondary N) is 1. The van der Waals surface area contributed by atoms with E-state index in [4.69, 9.17) is 4.74 Å². The molecule has 9 heteroatoms. The molecule has 0 saturated carbocycles. The normalized spacial score (nSPS) is 24.3. The van der Waals surface area contributed by atoms with Gasteiger partial charge in [0.1, 0.15) is 5.69 Å². The van der Waals surface area contributed by atoms with E-state index < -0.39 is 9.84 Å². The molecule has 1 aromatic rings. The lowest BCUT2D eigenvalue weighted by Gasteiger charge is -2.23. The van der Waals surface area contributed by atoms with Gasteiger partial charge >= 0.3 is 0 Å². The van der Waals surface area contributed by atoms with Crippen molar-refractivity contribution in [1.82, 2.24) is 15.2 Å². The molecule has 3 rings (SSSR count). The Morgan fingerprint density at radius 3 is 2.85 bits per heavy atom. The number of carbonyl (C=O) groups excluding carboxylic acids is 2. The van der Waals surface area contributed by atoms with Gasteiger partial charge in [0, 0.05) is 38.0 Å². The van der Waals surface area contributed by atoms with Crippen LogP contribution < -0.4 is 5.32 Å². The summed E-state index contributed by atoms with van der Waals surface area (Å²) < 4.78 is 28.7. The quantitative estimate of drug-likeness (QED) is 0.784. The molecule has 2 fully saturated rings. The molecule has 26 heavy (non-hydrogen) atoms. The highest BCUT2D eigenvalue weighted by atomic mass is 32.2. The number of ether oxygens (including phenoxy) is 1. The molecular weight excluding hydrogens is 358 g/mol. The van der Waals surface area contributed by atoms with Crippen LogP contribution in [-0.4, -0.2) is 74.0 Å². The van der Waals surface area contributed by atoms with Gasteiger partial charge in [-0.25, -0.2) is 8.42 Å². The molecule has 0 aromatic carbocycles. The van der Waals surface area contributed by atoms with Crippen molar-refractivity contribution < 1.29 is 22.7 Å². The van der Waals surface area contributed by atoms with E-state index in [1.807, 2.05) is 0 Å². The highest BCUT2D eigenvalue weighted by Crippen LogP contribution is 2.18. The van der Waals surface area contributed by atoms with E-state index in [2.05, 4.69) is 10.3 Å². The van der Waals surface area contributed by atoms with Gasteiger partial charge in [0.25, 0.3) is 11.8 Å². The Labute approximate surface area is 152 Å². The van der Waals surface area contributed by atoms with Gasteiger partial charge in [0.15, 0.2) is 9.84 Å². The van der Waals surface area contributed by atoms with Crippen LogP contribution in [0.2, 0.25) is 0 Å². The molecule has 142 valence electrons. The maximum Gasteiger partial charge on any atom is 0.269 e. The molecule has 2 aliphatic rings. The smallest absolute Gasteiger partial charge is 0.269 e. The van der Waals surface area contributed by atoms with Gasteiger partial charge in [-0.1, -0.05) is 0 Å². The van der Waals surface area contributed by atoms with E-state index in [0.29, 0.717) is 25.1 Å². The Bertz CT molecular complexity index is 789. The topological polar surface area (TPSA) is 106 Å². The number of aromatic nitrogens is 1. The summed E-state index contributed by atoms with van der Waals surface area (Å²) in [5.74, 6) is -0.596. The molecule has 2 aliphatic heterocycles. The van der Waals surface area contributed by atoms with Crippen LogP contribution in [0.3, 0.4) is 0 Å². The summed E-state index contributed by atoms with van der Waals surface area (Å²) in [4.78, 5) is 30.4. The van der Waals surface area contributed by atoms with Crippen LogP contribution in [0.5, 0.6) is 0 Å². The van der Waals surface area contributed by atoms with E-state index in [1.165, 1.54) is 23.2 Å². The SMILES string of the molecule is CN(C(=O)c1ccnc(C(=O)NCC2CCCO2)c1)C1CCS(=O)(=O)C1. The number of nitrogens with zero attached hydrogens (tertiary/aromatic N) is 2. The zero-order valence-electron chi connectivity index (χ0n) is 14.7.